The van der Waals surface area contributed by atoms with E-state index in [-0.39, 0.29) is 5.56 Å². The summed E-state index contributed by atoms with van der Waals surface area (Å²) in [6.07, 6.45) is -10.0. The zero-order valence-corrected chi connectivity index (χ0v) is 11.5. The molecule has 22 heavy (non-hydrogen) atoms. The molecule has 5 atom stereocenters. The summed E-state index contributed by atoms with van der Waals surface area (Å²) < 4.78 is 45.0. The first kappa shape index (κ1) is 17.0. The largest absolute Gasteiger partial charge is 0.573 e. The molecule has 5 N–H and O–H groups in total. The van der Waals surface area contributed by atoms with E-state index in [1.807, 2.05) is 0 Å². The smallest absolute Gasteiger partial charge is 0.406 e. The zero-order chi connectivity index (χ0) is 16.7. The van der Waals surface area contributed by atoms with Gasteiger partial charge in [0.2, 0.25) is 0 Å². The van der Waals surface area contributed by atoms with E-state index < -0.39 is 42.3 Å². The number of aliphatic hydroxyl groups is 3. The van der Waals surface area contributed by atoms with Crippen LogP contribution >= 0.6 is 0 Å². The van der Waals surface area contributed by atoms with Crippen LogP contribution in [0.25, 0.3) is 0 Å². The summed E-state index contributed by atoms with van der Waals surface area (Å²) in [6.45, 7) is 1.25. The van der Waals surface area contributed by atoms with Gasteiger partial charge in [-0.15, -0.1) is 13.2 Å². The highest BCUT2D eigenvalue weighted by molar-refractivity contribution is 5.30. The fourth-order valence-corrected chi connectivity index (χ4v) is 2.32. The Bertz CT molecular complexity index is 519. The van der Waals surface area contributed by atoms with E-state index in [0.29, 0.717) is 0 Å². The fourth-order valence-electron chi connectivity index (χ4n) is 2.32. The van der Waals surface area contributed by atoms with Crippen molar-refractivity contribution in [2.24, 2.45) is 5.73 Å². The number of hydrogen-bond acceptors (Lipinski definition) is 6. The lowest BCUT2D eigenvalue weighted by Crippen LogP contribution is -2.48. The quantitative estimate of drug-likeness (QED) is 0.642. The van der Waals surface area contributed by atoms with E-state index in [4.69, 9.17) is 10.5 Å². The van der Waals surface area contributed by atoms with Gasteiger partial charge in [0.25, 0.3) is 0 Å². The van der Waals surface area contributed by atoms with Crippen LogP contribution in [0.5, 0.6) is 5.75 Å². The summed E-state index contributed by atoms with van der Waals surface area (Å²) in [6, 6.07) is 4.43. The molecule has 0 radical (unpaired) electrons. The van der Waals surface area contributed by atoms with Crippen LogP contribution < -0.4 is 10.5 Å². The van der Waals surface area contributed by atoms with Gasteiger partial charge in [0.15, 0.2) is 0 Å². The summed E-state index contributed by atoms with van der Waals surface area (Å²) in [5.74, 6) is -0.445. The van der Waals surface area contributed by atoms with Gasteiger partial charge in [-0.05, 0) is 24.6 Å². The minimum atomic E-state index is -4.81. The number of ether oxygens (including phenoxy) is 2. The third-order valence-electron chi connectivity index (χ3n) is 3.53. The van der Waals surface area contributed by atoms with Gasteiger partial charge >= 0.3 is 6.36 Å². The van der Waals surface area contributed by atoms with Crippen molar-refractivity contribution in [1.82, 2.24) is 0 Å². The highest BCUT2D eigenvalue weighted by Gasteiger charge is 2.53. The molecular weight excluding hydrogens is 307 g/mol. The number of halogens is 3. The van der Waals surface area contributed by atoms with E-state index in [1.165, 1.54) is 19.1 Å². The zero-order valence-electron chi connectivity index (χ0n) is 11.5. The molecule has 1 aromatic carbocycles. The lowest BCUT2D eigenvalue weighted by atomic mass is 9.88. The molecule has 1 saturated heterocycles. The third kappa shape index (κ3) is 3.33. The molecule has 1 aliphatic rings. The fraction of sp³-hybridized carbons (Fsp3) is 0.538. The molecule has 2 rings (SSSR count). The Morgan fingerprint density at radius 2 is 1.86 bits per heavy atom. The SMILES string of the molecule is C[C@@]1(O)C([C@H](O)c2ccc(OC(F)(F)F)cc2)OC(N)[C@@H]1O. The average Bonchev–Trinajstić information content (AvgIpc) is 2.60. The lowest BCUT2D eigenvalue weighted by molar-refractivity contribution is -0.274. The van der Waals surface area contributed by atoms with Crippen LogP contribution in [0, 0.1) is 0 Å². The molecule has 6 nitrogen and oxygen atoms in total. The predicted molar refractivity (Wildman–Crippen MR) is 67.6 cm³/mol. The van der Waals surface area contributed by atoms with Crippen LogP contribution in [0.2, 0.25) is 0 Å². The Labute approximate surface area is 123 Å². The van der Waals surface area contributed by atoms with Crippen molar-refractivity contribution >= 4 is 0 Å². The van der Waals surface area contributed by atoms with Gasteiger partial charge in [0, 0.05) is 0 Å². The van der Waals surface area contributed by atoms with Crippen LogP contribution in [0.3, 0.4) is 0 Å². The molecule has 0 aromatic heterocycles. The molecular formula is C13H16F3NO5. The van der Waals surface area contributed by atoms with Crippen LogP contribution in [-0.4, -0.2) is 45.7 Å². The van der Waals surface area contributed by atoms with Gasteiger partial charge in [0.05, 0.1) is 0 Å². The van der Waals surface area contributed by atoms with Crippen molar-refractivity contribution in [1.29, 1.82) is 0 Å². The summed E-state index contributed by atoms with van der Waals surface area (Å²) >= 11 is 0. The Hall–Kier alpha value is -1.39. The van der Waals surface area contributed by atoms with Crippen molar-refractivity contribution in [2.75, 3.05) is 0 Å². The number of benzene rings is 1. The van der Waals surface area contributed by atoms with E-state index in [0.717, 1.165) is 12.1 Å². The number of rotatable bonds is 3. The molecule has 2 unspecified atom stereocenters. The molecule has 1 heterocycles. The molecule has 0 spiro atoms. The van der Waals surface area contributed by atoms with E-state index in [2.05, 4.69) is 4.74 Å². The molecule has 0 aliphatic carbocycles. The molecule has 0 bridgehead atoms. The highest BCUT2D eigenvalue weighted by Crippen LogP contribution is 2.37. The number of aliphatic hydroxyl groups excluding tert-OH is 2. The Balaban J connectivity index is 2.15. The van der Waals surface area contributed by atoms with Gasteiger partial charge in [-0.1, -0.05) is 12.1 Å². The maximum absolute atomic E-state index is 12.1. The van der Waals surface area contributed by atoms with Gasteiger partial charge in [0.1, 0.15) is 35.9 Å². The van der Waals surface area contributed by atoms with E-state index in [1.54, 1.807) is 0 Å². The molecule has 9 heteroatoms. The summed E-state index contributed by atoms with van der Waals surface area (Å²) in [5, 5.41) is 30.1. The van der Waals surface area contributed by atoms with Crippen molar-refractivity contribution in [3.05, 3.63) is 29.8 Å². The van der Waals surface area contributed by atoms with Crippen molar-refractivity contribution in [3.63, 3.8) is 0 Å². The first-order valence-corrected chi connectivity index (χ1v) is 6.37. The summed E-state index contributed by atoms with van der Waals surface area (Å²) in [4.78, 5) is 0. The summed E-state index contributed by atoms with van der Waals surface area (Å²) in [5.41, 5.74) is 3.84. The number of alkyl halides is 3. The van der Waals surface area contributed by atoms with Crippen molar-refractivity contribution in [3.8, 4) is 5.75 Å². The Morgan fingerprint density at radius 1 is 1.32 bits per heavy atom. The van der Waals surface area contributed by atoms with Crippen LogP contribution in [0.1, 0.15) is 18.6 Å². The molecule has 1 aliphatic heterocycles. The predicted octanol–water partition coefficient (Wildman–Crippen LogP) is 0.414. The number of hydrogen-bond donors (Lipinski definition) is 4. The number of nitrogens with two attached hydrogens (primary N) is 1. The molecule has 1 aromatic rings. The molecule has 124 valence electrons. The lowest BCUT2D eigenvalue weighted by Gasteiger charge is -2.29. The Morgan fingerprint density at radius 3 is 2.27 bits per heavy atom. The summed E-state index contributed by atoms with van der Waals surface area (Å²) in [7, 11) is 0. The van der Waals surface area contributed by atoms with Gasteiger partial charge < -0.3 is 30.5 Å². The van der Waals surface area contributed by atoms with E-state index >= 15 is 0 Å². The minimum Gasteiger partial charge on any atom is -0.406 e. The highest BCUT2D eigenvalue weighted by atomic mass is 19.4. The van der Waals surface area contributed by atoms with Crippen molar-refractivity contribution in [2.45, 2.75) is 43.4 Å². The molecule has 1 fully saturated rings. The maximum atomic E-state index is 12.1. The molecule has 0 saturated carbocycles. The minimum absolute atomic E-state index is 0.182. The second-order valence-corrected chi connectivity index (χ2v) is 5.25. The van der Waals surface area contributed by atoms with Crippen LogP contribution in [0.15, 0.2) is 24.3 Å². The monoisotopic (exact) mass is 323 g/mol. The second kappa shape index (κ2) is 5.67. The van der Waals surface area contributed by atoms with E-state index in [9.17, 15) is 28.5 Å². The van der Waals surface area contributed by atoms with Crippen LogP contribution in [0.4, 0.5) is 13.2 Å². The Kier molecular flexibility index (Phi) is 4.37. The van der Waals surface area contributed by atoms with Gasteiger partial charge in [-0.2, -0.15) is 0 Å². The normalized spacial score (nSPS) is 33.7. The van der Waals surface area contributed by atoms with Crippen LogP contribution in [-0.2, 0) is 4.74 Å². The maximum Gasteiger partial charge on any atom is 0.573 e. The second-order valence-electron chi connectivity index (χ2n) is 5.25. The first-order valence-electron chi connectivity index (χ1n) is 6.37. The van der Waals surface area contributed by atoms with Crippen molar-refractivity contribution < 1.29 is 38.0 Å². The topological polar surface area (TPSA) is 105 Å². The van der Waals surface area contributed by atoms with Gasteiger partial charge in [-0.25, -0.2) is 0 Å². The first-order chi connectivity index (χ1) is 10.0. The third-order valence-corrected chi connectivity index (χ3v) is 3.53. The standard InChI is InChI=1S/C13H16F3NO5/c1-12(20)9(19)11(17)21-10(12)8(18)6-2-4-7(5-3-6)22-13(14,15)16/h2-5,8-11,18-20H,17H2,1H3/t8-,9+,10?,11?,12+/m1/s1. The van der Waals surface area contributed by atoms with Gasteiger partial charge in [-0.3, -0.25) is 0 Å². The average molecular weight is 323 g/mol. The molecule has 0 amide bonds.